The lowest BCUT2D eigenvalue weighted by Gasteiger charge is -2.19. The van der Waals surface area contributed by atoms with Gasteiger partial charge >= 0.3 is 0 Å². The van der Waals surface area contributed by atoms with E-state index in [1.54, 1.807) is 0 Å². The van der Waals surface area contributed by atoms with Gasteiger partial charge in [0.1, 0.15) is 5.82 Å². The maximum absolute atomic E-state index is 13.1. The van der Waals surface area contributed by atoms with Crippen LogP contribution < -0.4 is 0 Å². The molecule has 2 heterocycles. The van der Waals surface area contributed by atoms with E-state index in [1.807, 2.05) is 22.9 Å². The molecule has 0 atom stereocenters. The Balaban J connectivity index is 1.33. The highest BCUT2D eigenvalue weighted by Crippen LogP contribution is 2.30. The fraction of sp³-hybridized carbons (Fsp3) is 0.467. The predicted octanol–water partition coefficient (Wildman–Crippen LogP) is 6.45. The molecule has 0 unspecified atom stereocenters. The first kappa shape index (κ1) is 25.9. The molecule has 8 nitrogen and oxygen atoms in total. The Hall–Kier alpha value is -3.68. The molecular formula is C30H37N7O. The Morgan fingerprint density at radius 3 is 2.50 bits per heavy atom. The van der Waals surface area contributed by atoms with Crippen molar-refractivity contribution in [3.8, 4) is 22.5 Å². The molecule has 1 saturated carbocycles. The van der Waals surface area contributed by atoms with Gasteiger partial charge in [0.15, 0.2) is 5.82 Å². The molecule has 1 fully saturated rings. The zero-order valence-corrected chi connectivity index (χ0v) is 22.3. The fourth-order valence-corrected chi connectivity index (χ4v) is 5.43. The summed E-state index contributed by atoms with van der Waals surface area (Å²) in [5.41, 5.74) is 4.25. The number of benzene rings is 2. The summed E-state index contributed by atoms with van der Waals surface area (Å²) >= 11 is 0. The average molecular weight is 512 g/mol. The van der Waals surface area contributed by atoms with Crippen LogP contribution in [-0.4, -0.2) is 41.2 Å². The van der Waals surface area contributed by atoms with Gasteiger partial charge in [-0.05, 0) is 39.5 Å². The highest BCUT2D eigenvalue weighted by Gasteiger charge is 2.22. The Morgan fingerprint density at radius 2 is 1.76 bits per heavy atom. The van der Waals surface area contributed by atoms with Gasteiger partial charge in [-0.15, -0.1) is 10.2 Å². The molecule has 198 valence electrons. The minimum Gasteiger partial charge on any atom is -0.291 e. The van der Waals surface area contributed by atoms with E-state index in [2.05, 4.69) is 57.9 Å². The van der Waals surface area contributed by atoms with Crippen molar-refractivity contribution in [2.45, 2.75) is 84.1 Å². The third kappa shape index (κ3) is 6.41. The van der Waals surface area contributed by atoms with E-state index in [4.69, 9.17) is 10.1 Å². The highest BCUT2D eigenvalue weighted by molar-refractivity contribution is 5.92. The van der Waals surface area contributed by atoms with Gasteiger partial charge in [0.25, 0.3) is 0 Å². The van der Waals surface area contributed by atoms with Gasteiger partial charge in [0.05, 0.1) is 0 Å². The average Bonchev–Trinajstić information content (AvgIpc) is 3.63. The van der Waals surface area contributed by atoms with Crippen molar-refractivity contribution in [2.24, 2.45) is 5.92 Å². The Kier molecular flexibility index (Phi) is 8.68. The number of hydrogen-bond donors (Lipinski definition) is 1. The molecule has 0 bridgehead atoms. The predicted molar refractivity (Wildman–Crippen MR) is 148 cm³/mol. The number of hydrogen-bond acceptors (Lipinski definition) is 6. The van der Waals surface area contributed by atoms with Crippen molar-refractivity contribution in [3.63, 3.8) is 0 Å². The topological polar surface area (TPSA) is 102 Å². The zero-order chi connectivity index (χ0) is 26.2. The Morgan fingerprint density at radius 1 is 0.974 bits per heavy atom. The first-order chi connectivity index (χ1) is 18.7. The van der Waals surface area contributed by atoms with Crippen LogP contribution in [0.1, 0.15) is 93.1 Å². The normalized spacial score (nSPS) is 14.1. The summed E-state index contributed by atoms with van der Waals surface area (Å²) in [6.45, 7) is 3.02. The van der Waals surface area contributed by atoms with Gasteiger partial charge in [0.2, 0.25) is 11.6 Å². The molecule has 0 spiro atoms. The van der Waals surface area contributed by atoms with E-state index >= 15 is 0 Å². The SMILES string of the molecule is CCCCCCn1nc(C(=O)CC2CCCCC2)nc1Cc1ccc(-c2ccccc2-c2nnn[nH]2)cc1. The van der Waals surface area contributed by atoms with Crippen LogP contribution in [-0.2, 0) is 13.0 Å². The number of H-pyrrole nitrogens is 1. The molecule has 2 aromatic carbocycles. The number of aromatic amines is 1. The minimum absolute atomic E-state index is 0.0966. The van der Waals surface area contributed by atoms with Crippen LogP contribution in [0.2, 0.25) is 0 Å². The van der Waals surface area contributed by atoms with Crippen LogP contribution in [0, 0.1) is 5.92 Å². The molecule has 1 aliphatic rings. The minimum atomic E-state index is 0.0966. The summed E-state index contributed by atoms with van der Waals surface area (Å²) in [5, 5.41) is 19.1. The van der Waals surface area contributed by atoms with Crippen molar-refractivity contribution in [1.82, 2.24) is 35.4 Å². The molecule has 8 heteroatoms. The third-order valence-corrected chi connectivity index (χ3v) is 7.57. The summed E-state index contributed by atoms with van der Waals surface area (Å²) in [7, 11) is 0. The standard InChI is InChI=1S/C30H37N7O/c1-2-3-4-10-19-37-28(31-30(34-37)27(38)20-22-11-6-5-7-12-22)21-23-15-17-24(18-16-23)25-13-8-9-14-26(25)29-32-35-36-33-29/h8-9,13-18,22H,2-7,10-12,19-21H2,1H3,(H,32,33,35,36). The van der Waals surface area contributed by atoms with Crippen molar-refractivity contribution < 1.29 is 4.79 Å². The molecule has 4 aromatic rings. The number of aryl methyl sites for hydroxylation is 1. The Bertz CT molecular complexity index is 1300. The van der Waals surface area contributed by atoms with E-state index in [9.17, 15) is 4.79 Å². The zero-order valence-electron chi connectivity index (χ0n) is 22.3. The maximum atomic E-state index is 13.1. The quantitative estimate of drug-likeness (QED) is 0.173. The summed E-state index contributed by atoms with van der Waals surface area (Å²) < 4.78 is 1.98. The van der Waals surface area contributed by atoms with Gasteiger partial charge in [-0.1, -0.05) is 107 Å². The molecule has 1 aliphatic carbocycles. The largest absolute Gasteiger partial charge is 0.291 e. The number of rotatable bonds is 12. The number of aromatic nitrogens is 7. The number of Topliss-reactive ketones (excluding diaryl/α,β-unsaturated/α-hetero) is 1. The van der Waals surface area contributed by atoms with Crippen LogP contribution in [0.25, 0.3) is 22.5 Å². The highest BCUT2D eigenvalue weighted by atomic mass is 16.1. The molecule has 0 saturated heterocycles. The summed E-state index contributed by atoms with van der Waals surface area (Å²) in [5.74, 6) is 2.49. The number of tetrazole rings is 1. The van der Waals surface area contributed by atoms with Gasteiger partial charge in [-0.25, -0.2) is 14.8 Å². The molecule has 1 N–H and O–H groups in total. The van der Waals surface area contributed by atoms with Gasteiger partial charge in [-0.3, -0.25) is 4.79 Å². The second-order valence-corrected chi connectivity index (χ2v) is 10.4. The molecule has 2 aromatic heterocycles. The van der Waals surface area contributed by atoms with Crippen LogP contribution in [0.3, 0.4) is 0 Å². The van der Waals surface area contributed by atoms with Gasteiger partial charge in [-0.2, -0.15) is 0 Å². The smallest absolute Gasteiger partial charge is 0.217 e. The molecular weight excluding hydrogens is 474 g/mol. The van der Waals surface area contributed by atoms with Crippen LogP contribution in [0.15, 0.2) is 48.5 Å². The summed E-state index contributed by atoms with van der Waals surface area (Å²) in [6, 6.07) is 16.6. The monoisotopic (exact) mass is 511 g/mol. The number of carbonyl (C=O) groups excluding carboxylic acids is 1. The van der Waals surface area contributed by atoms with Crippen molar-refractivity contribution >= 4 is 5.78 Å². The second-order valence-electron chi connectivity index (χ2n) is 10.4. The van der Waals surface area contributed by atoms with Crippen molar-refractivity contribution in [2.75, 3.05) is 0 Å². The van der Waals surface area contributed by atoms with E-state index < -0.39 is 0 Å². The molecule has 0 radical (unpaired) electrons. The third-order valence-electron chi connectivity index (χ3n) is 7.57. The fourth-order valence-electron chi connectivity index (χ4n) is 5.43. The lowest BCUT2D eigenvalue weighted by atomic mass is 9.86. The van der Waals surface area contributed by atoms with Crippen LogP contribution >= 0.6 is 0 Å². The number of nitrogens with one attached hydrogen (secondary N) is 1. The molecule has 0 aliphatic heterocycles. The summed E-state index contributed by atoms with van der Waals surface area (Å²) in [4.78, 5) is 17.9. The van der Waals surface area contributed by atoms with E-state index in [0.29, 0.717) is 30.4 Å². The molecule has 5 rings (SSSR count). The van der Waals surface area contributed by atoms with Gasteiger partial charge < -0.3 is 0 Å². The van der Waals surface area contributed by atoms with Gasteiger partial charge in [0, 0.05) is 24.9 Å². The number of unbranched alkanes of at least 4 members (excludes halogenated alkanes) is 3. The van der Waals surface area contributed by atoms with Crippen LogP contribution in [0.5, 0.6) is 0 Å². The van der Waals surface area contributed by atoms with Crippen molar-refractivity contribution in [3.05, 3.63) is 65.7 Å². The molecule has 0 amide bonds. The Labute approximate surface area is 224 Å². The summed E-state index contributed by atoms with van der Waals surface area (Å²) in [6.07, 6.45) is 11.9. The number of carbonyl (C=O) groups is 1. The number of ketones is 1. The van der Waals surface area contributed by atoms with Crippen molar-refractivity contribution in [1.29, 1.82) is 0 Å². The number of nitrogens with zero attached hydrogens (tertiary/aromatic N) is 6. The first-order valence-electron chi connectivity index (χ1n) is 14.1. The molecule has 38 heavy (non-hydrogen) atoms. The lowest BCUT2D eigenvalue weighted by molar-refractivity contribution is 0.0939. The van der Waals surface area contributed by atoms with E-state index in [1.165, 1.54) is 32.1 Å². The first-order valence-corrected chi connectivity index (χ1v) is 14.1. The van der Waals surface area contributed by atoms with E-state index in [0.717, 1.165) is 60.3 Å². The van der Waals surface area contributed by atoms with Crippen LogP contribution in [0.4, 0.5) is 0 Å². The second kappa shape index (κ2) is 12.7. The lowest BCUT2D eigenvalue weighted by Crippen LogP contribution is -2.13. The maximum Gasteiger partial charge on any atom is 0.217 e. The van der Waals surface area contributed by atoms with E-state index in [-0.39, 0.29) is 5.78 Å².